The highest BCUT2D eigenvalue weighted by Crippen LogP contribution is 2.21. The molecule has 0 aromatic carbocycles. The average Bonchev–Trinajstić information content (AvgIpc) is 2.64. The minimum Gasteiger partial charge on any atom is -0.463 e. The largest absolute Gasteiger partial charge is 0.463 e. The first-order valence-corrected chi connectivity index (χ1v) is 4.25. The summed E-state index contributed by atoms with van der Waals surface area (Å²) in [6.07, 6.45) is 4.07. The van der Waals surface area contributed by atoms with Crippen LogP contribution in [0.15, 0.2) is 27.9 Å². The topological polar surface area (TPSA) is 88.2 Å². The summed E-state index contributed by atoms with van der Waals surface area (Å²) in [5.74, 6) is -0.330. The van der Waals surface area contributed by atoms with Crippen molar-refractivity contribution in [3.8, 4) is 0 Å². The quantitative estimate of drug-likeness (QED) is 0.250. The van der Waals surface area contributed by atoms with Crippen molar-refractivity contribution in [2.24, 2.45) is 5.11 Å². The molecule has 6 nitrogen and oxygen atoms in total. The maximum absolute atomic E-state index is 11.0. The summed E-state index contributed by atoms with van der Waals surface area (Å²) in [6.45, 7) is 2.03. The van der Waals surface area contributed by atoms with Gasteiger partial charge in [0, 0.05) is 16.6 Å². The van der Waals surface area contributed by atoms with Gasteiger partial charge in [-0.3, -0.25) is 0 Å². The van der Waals surface area contributed by atoms with Crippen molar-refractivity contribution in [3.05, 3.63) is 34.4 Å². The molecule has 78 valence electrons. The third-order valence-electron chi connectivity index (χ3n) is 1.50. The minimum absolute atomic E-state index is 0.123. The van der Waals surface area contributed by atoms with Gasteiger partial charge in [-0.25, -0.2) is 4.79 Å². The number of rotatable bonds is 4. The summed E-state index contributed by atoms with van der Waals surface area (Å²) in [4.78, 5) is 13.5. The van der Waals surface area contributed by atoms with Gasteiger partial charge in [0.2, 0.25) is 0 Å². The van der Waals surface area contributed by atoms with Crippen LogP contribution in [0.3, 0.4) is 0 Å². The van der Waals surface area contributed by atoms with Crippen LogP contribution in [0.5, 0.6) is 0 Å². The molecule has 15 heavy (non-hydrogen) atoms. The van der Waals surface area contributed by atoms with E-state index in [1.54, 1.807) is 13.0 Å². The summed E-state index contributed by atoms with van der Waals surface area (Å²) in [7, 11) is 0. The molecule has 0 N–H and O–H groups in total. The number of nitrogens with zero attached hydrogens (tertiary/aromatic N) is 3. The van der Waals surface area contributed by atoms with Gasteiger partial charge in [-0.2, -0.15) is 0 Å². The van der Waals surface area contributed by atoms with Crippen LogP contribution < -0.4 is 0 Å². The van der Waals surface area contributed by atoms with Gasteiger partial charge in [0.25, 0.3) is 0 Å². The zero-order chi connectivity index (χ0) is 11.1. The predicted octanol–water partition coefficient (Wildman–Crippen LogP) is 2.80. The van der Waals surface area contributed by atoms with E-state index in [-0.39, 0.29) is 5.88 Å². The normalized spacial score (nSPS) is 9.93. The molecule has 1 aromatic heterocycles. The lowest BCUT2D eigenvalue weighted by Gasteiger charge is -1.93. The Balaban J connectivity index is 2.75. The van der Waals surface area contributed by atoms with Crippen molar-refractivity contribution < 1.29 is 13.9 Å². The smallest absolute Gasteiger partial charge is 0.330 e. The predicted molar refractivity (Wildman–Crippen MR) is 53.2 cm³/mol. The van der Waals surface area contributed by atoms with E-state index in [1.165, 1.54) is 18.4 Å². The molecular weight excluding hydrogens is 198 g/mol. The summed E-state index contributed by atoms with van der Waals surface area (Å²) in [5.41, 5.74) is 8.74. The molecule has 0 fully saturated rings. The Hall–Kier alpha value is -2.20. The summed E-state index contributed by atoms with van der Waals surface area (Å²) in [5, 5.41) is 3.30. The minimum atomic E-state index is -0.453. The molecule has 0 saturated carbocycles. The van der Waals surface area contributed by atoms with Gasteiger partial charge in [-0.15, -0.1) is 0 Å². The van der Waals surface area contributed by atoms with Gasteiger partial charge >= 0.3 is 5.97 Å². The van der Waals surface area contributed by atoms with Gasteiger partial charge < -0.3 is 9.15 Å². The zero-order valence-electron chi connectivity index (χ0n) is 8.08. The lowest BCUT2D eigenvalue weighted by Crippen LogP contribution is -1.98. The molecule has 1 heterocycles. The van der Waals surface area contributed by atoms with Crippen molar-refractivity contribution in [1.29, 1.82) is 0 Å². The van der Waals surface area contributed by atoms with Crippen molar-refractivity contribution in [1.82, 2.24) is 0 Å². The van der Waals surface area contributed by atoms with Crippen molar-refractivity contribution in [3.63, 3.8) is 0 Å². The van der Waals surface area contributed by atoms with Crippen molar-refractivity contribution in [2.45, 2.75) is 6.92 Å². The molecule has 1 aromatic rings. The fourth-order valence-corrected chi connectivity index (χ4v) is 0.908. The van der Waals surface area contributed by atoms with E-state index in [4.69, 9.17) is 9.95 Å². The molecule has 0 aliphatic heterocycles. The molecule has 6 heteroatoms. The third-order valence-corrected chi connectivity index (χ3v) is 1.50. The fraction of sp³-hybridized carbons (Fsp3) is 0.222. The summed E-state index contributed by atoms with van der Waals surface area (Å²) in [6, 6.07) is 1.58. The SMILES string of the molecule is CCOC(=O)C=Cc1ccoc1N=[N+]=[N-]. The van der Waals surface area contributed by atoms with Crippen molar-refractivity contribution >= 4 is 17.9 Å². The van der Waals surface area contributed by atoms with Gasteiger partial charge in [-0.05, 0) is 29.7 Å². The number of carbonyl (C=O) groups is 1. The van der Waals surface area contributed by atoms with Crippen LogP contribution in [0.2, 0.25) is 0 Å². The van der Waals surface area contributed by atoms with Crippen LogP contribution in [0.25, 0.3) is 16.5 Å². The zero-order valence-corrected chi connectivity index (χ0v) is 8.08. The Labute approximate surface area is 85.8 Å². The second kappa shape index (κ2) is 5.51. The molecule has 0 bridgehead atoms. The van der Waals surface area contributed by atoms with E-state index in [0.29, 0.717) is 12.2 Å². The average molecular weight is 207 g/mol. The van der Waals surface area contributed by atoms with Gasteiger partial charge in [-0.1, -0.05) is 0 Å². The molecule has 0 aliphatic rings. The molecule has 0 saturated heterocycles. The number of furan rings is 1. The van der Waals surface area contributed by atoms with E-state index in [1.807, 2.05) is 0 Å². The first kappa shape index (κ1) is 10.9. The lowest BCUT2D eigenvalue weighted by molar-refractivity contribution is -0.137. The second-order valence-corrected chi connectivity index (χ2v) is 2.46. The number of hydrogen-bond donors (Lipinski definition) is 0. The molecule has 1 rings (SSSR count). The van der Waals surface area contributed by atoms with E-state index >= 15 is 0 Å². The van der Waals surface area contributed by atoms with Crippen LogP contribution in [-0.2, 0) is 9.53 Å². The standard InChI is InChI=1S/C9H9N3O3/c1-2-14-8(13)4-3-7-5-6-15-9(7)11-12-10/h3-6H,2H2,1H3. The number of azide groups is 1. The molecule has 0 spiro atoms. The van der Waals surface area contributed by atoms with E-state index < -0.39 is 5.97 Å². The summed E-state index contributed by atoms with van der Waals surface area (Å²) >= 11 is 0. The molecule has 0 radical (unpaired) electrons. The highest BCUT2D eigenvalue weighted by Gasteiger charge is 2.01. The summed E-state index contributed by atoms with van der Waals surface area (Å²) < 4.78 is 9.55. The maximum atomic E-state index is 11.0. The van der Waals surface area contributed by atoms with Gasteiger partial charge in [0.15, 0.2) is 5.88 Å². The number of esters is 1. The van der Waals surface area contributed by atoms with Crippen LogP contribution in [0, 0.1) is 0 Å². The molecule has 0 aliphatic carbocycles. The number of ether oxygens (including phenoxy) is 1. The van der Waals surface area contributed by atoms with Crippen LogP contribution >= 0.6 is 0 Å². The maximum Gasteiger partial charge on any atom is 0.330 e. The van der Waals surface area contributed by atoms with Crippen molar-refractivity contribution in [2.75, 3.05) is 6.61 Å². The second-order valence-electron chi connectivity index (χ2n) is 2.46. The first-order valence-electron chi connectivity index (χ1n) is 4.25. The number of carbonyl (C=O) groups excluding carboxylic acids is 1. The lowest BCUT2D eigenvalue weighted by atomic mass is 10.3. The fourth-order valence-electron chi connectivity index (χ4n) is 0.908. The Morgan fingerprint density at radius 2 is 2.60 bits per heavy atom. The Bertz CT molecular complexity index is 416. The Morgan fingerprint density at radius 1 is 1.80 bits per heavy atom. The third kappa shape index (κ3) is 3.21. The van der Waals surface area contributed by atoms with E-state index in [0.717, 1.165) is 0 Å². The van der Waals surface area contributed by atoms with Gasteiger partial charge in [0.05, 0.1) is 12.9 Å². The van der Waals surface area contributed by atoms with E-state index in [9.17, 15) is 4.79 Å². The Morgan fingerprint density at radius 3 is 3.27 bits per heavy atom. The van der Waals surface area contributed by atoms with Crippen LogP contribution in [0.4, 0.5) is 5.88 Å². The highest BCUT2D eigenvalue weighted by molar-refractivity contribution is 5.87. The van der Waals surface area contributed by atoms with E-state index in [2.05, 4.69) is 14.8 Å². The van der Waals surface area contributed by atoms with Gasteiger partial charge in [0.1, 0.15) is 0 Å². The first-order chi connectivity index (χ1) is 7.27. The molecule has 0 amide bonds. The Kier molecular flexibility index (Phi) is 4.00. The highest BCUT2D eigenvalue weighted by atomic mass is 16.5. The molecule has 0 unspecified atom stereocenters. The van der Waals surface area contributed by atoms with Crippen LogP contribution in [0.1, 0.15) is 12.5 Å². The molecule has 0 atom stereocenters. The molecular formula is C9H9N3O3. The van der Waals surface area contributed by atoms with Crippen LogP contribution in [-0.4, -0.2) is 12.6 Å². The monoisotopic (exact) mass is 207 g/mol. The number of hydrogen-bond acceptors (Lipinski definition) is 4.